The Hall–Kier alpha value is -0.540. The molecule has 0 saturated heterocycles. The van der Waals surface area contributed by atoms with E-state index in [4.69, 9.17) is 28.3 Å². The molecule has 0 amide bonds. The van der Waals surface area contributed by atoms with Crippen LogP contribution in [0.15, 0.2) is 23.1 Å². The van der Waals surface area contributed by atoms with Crippen LogP contribution in [0.2, 0.25) is 5.02 Å². The van der Waals surface area contributed by atoms with E-state index >= 15 is 0 Å². The maximum absolute atomic E-state index is 11.8. The van der Waals surface area contributed by atoms with Crippen LogP contribution in [0.3, 0.4) is 0 Å². The average Bonchev–Trinajstić information content (AvgIpc) is 2.30. The number of anilines is 1. The number of primary sulfonamides is 1. The minimum absolute atomic E-state index is 0.0240. The number of halogens is 2. The summed E-state index contributed by atoms with van der Waals surface area (Å²) in [4.78, 5) is -0.222. The minimum atomic E-state index is -3.93. The topological polar surface area (TPSA) is 106 Å². The summed E-state index contributed by atoms with van der Waals surface area (Å²) in [5.74, 6) is 0.243. The monoisotopic (exact) mass is 360 g/mol. The summed E-state index contributed by atoms with van der Waals surface area (Å²) in [5.41, 5.74) is -0.0240. The fourth-order valence-electron chi connectivity index (χ4n) is 1.36. The third-order valence-corrected chi connectivity index (χ3v) is 5.19. The number of alkyl halides is 1. The molecular weight excluding hydrogens is 347 g/mol. The van der Waals surface area contributed by atoms with E-state index in [0.29, 0.717) is 18.7 Å². The predicted molar refractivity (Wildman–Crippen MR) is 80.2 cm³/mol. The zero-order valence-electron chi connectivity index (χ0n) is 10.3. The van der Waals surface area contributed by atoms with Gasteiger partial charge in [-0.05, 0) is 31.0 Å². The maximum Gasteiger partial charge on any atom is 0.238 e. The Balaban J connectivity index is 2.97. The number of sulfonamides is 2. The van der Waals surface area contributed by atoms with Crippen molar-refractivity contribution in [2.24, 2.45) is 5.14 Å². The fourth-order valence-corrected chi connectivity index (χ4v) is 3.50. The first-order valence-corrected chi connectivity index (χ1v) is 9.65. The van der Waals surface area contributed by atoms with E-state index in [9.17, 15) is 16.8 Å². The lowest BCUT2D eigenvalue weighted by Crippen LogP contribution is -2.18. The van der Waals surface area contributed by atoms with Gasteiger partial charge in [-0.25, -0.2) is 22.0 Å². The summed E-state index contributed by atoms with van der Waals surface area (Å²) in [5, 5.41) is 5.06. The Kier molecular flexibility index (Phi) is 6.08. The first kappa shape index (κ1) is 17.5. The molecular formula is C10H14Cl2N2O4S2. The molecule has 0 aliphatic rings. The van der Waals surface area contributed by atoms with Crippen molar-refractivity contribution in [3.05, 3.63) is 23.2 Å². The average molecular weight is 361 g/mol. The number of unbranched alkanes of at least 4 members (excludes halogenated alkanes) is 1. The lowest BCUT2D eigenvalue weighted by atomic mass is 10.3. The molecule has 0 aromatic heterocycles. The van der Waals surface area contributed by atoms with Crippen LogP contribution in [-0.4, -0.2) is 28.5 Å². The van der Waals surface area contributed by atoms with Gasteiger partial charge in [-0.1, -0.05) is 11.6 Å². The molecule has 0 radical (unpaired) electrons. The van der Waals surface area contributed by atoms with Crippen molar-refractivity contribution in [1.82, 2.24) is 0 Å². The van der Waals surface area contributed by atoms with Crippen LogP contribution in [0.5, 0.6) is 0 Å². The molecule has 3 N–H and O–H groups in total. The zero-order valence-corrected chi connectivity index (χ0v) is 13.5. The Morgan fingerprint density at radius 1 is 1.15 bits per heavy atom. The largest absolute Gasteiger partial charge is 0.282 e. The normalized spacial score (nSPS) is 12.3. The van der Waals surface area contributed by atoms with Gasteiger partial charge in [-0.15, -0.1) is 11.6 Å². The third-order valence-electron chi connectivity index (χ3n) is 2.33. The minimum Gasteiger partial charge on any atom is -0.282 e. The standard InChI is InChI=1S/C10H14Cl2N2O4S2/c11-5-1-2-6-19(15,16)14-10-7-8(20(13,17)18)3-4-9(10)12/h3-4,7,14H,1-2,5-6H2,(H2,13,17,18). The quantitative estimate of drug-likeness (QED) is 0.570. The molecule has 1 rings (SSSR count). The Labute approximate surface area is 128 Å². The molecule has 10 heteroatoms. The number of hydrogen-bond acceptors (Lipinski definition) is 4. The summed E-state index contributed by atoms with van der Waals surface area (Å²) in [7, 11) is -7.55. The van der Waals surface area contributed by atoms with Crippen molar-refractivity contribution in [3.8, 4) is 0 Å². The van der Waals surface area contributed by atoms with Gasteiger partial charge >= 0.3 is 0 Å². The molecule has 0 saturated carbocycles. The second-order valence-corrected chi connectivity index (χ2v) is 8.19. The predicted octanol–water partition coefficient (Wildman–Crippen LogP) is 1.75. The van der Waals surface area contributed by atoms with Crippen LogP contribution in [-0.2, 0) is 20.0 Å². The van der Waals surface area contributed by atoms with E-state index in [1.807, 2.05) is 0 Å². The van der Waals surface area contributed by atoms with Crippen molar-refractivity contribution in [2.45, 2.75) is 17.7 Å². The molecule has 0 aliphatic carbocycles. The molecule has 6 nitrogen and oxygen atoms in total. The van der Waals surface area contributed by atoms with E-state index in [0.717, 1.165) is 6.07 Å². The van der Waals surface area contributed by atoms with Crippen molar-refractivity contribution in [2.75, 3.05) is 16.4 Å². The summed E-state index contributed by atoms with van der Waals surface area (Å²) < 4.78 is 48.3. The number of nitrogens with one attached hydrogen (secondary N) is 1. The Morgan fingerprint density at radius 3 is 2.35 bits per heavy atom. The fraction of sp³-hybridized carbons (Fsp3) is 0.400. The Morgan fingerprint density at radius 2 is 1.80 bits per heavy atom. The first-order chi connectivity index (χ1) is 9.15. The second kappa shape index (κ2) is 6.95. The highest BCUT2D eigenvalue weighted by atomic mass is 35.5. The summed E-state index contributed by atoms with van der Waals surface area (Å²) in [6.45, 7) is 0. The molecule has 1 aromatic rings. The van der Waals surface area contributed by atoms with Crippen LogP contribution in [0.4, 0.5) is 5.69 Å². The van der Waals surface area contributed by atoms with Gasteiger partial charge in [-0.3, -0.25) is 4.72 Å². The van der Waals surface area contributed by atoms with Crippen molar-refractivity contribution in [3.63, 3.8) is 0 Å². The zero-order chi connectivity index (χ0) is 15.4. The number of hydrogen-bond donors (Lipinski definition) is 2. The van der Waals surface area contributed by atoms with Crippen LogP contribution in [0.25, 0.3) is 0 Å². The smallest absolute Gasteiger partial charge is 0.238 e. The molecule has 0 fully saturated rings. The Bertz CT molecular complexity index is 674. The van der Waals surface area contributed by atoms with E-state index in [1.54, 1.807) is 0 Å². The van der Waals surface area contributed by atoms with Gasteiger partial charge in [0.05, 0.1) is 21.4 Å². The van der Waals surface area contributed by atoms with Gasteiger partial charge in [0.1, 0.15) is 0 Å². The summed E-state index contributed by atoms with van der Waals surface area (Å²) in [6, 6.07) is 3.54. The molecule has 20 heavy (non-hydrogen) atoms. The van der Waals surface area contributed by atoms with Crippen LogP contribution in [0, 0.1) is 0 Å². The van der Waals surface area contributed by atoms with Gasteiger partial charge < -0.3 is 0 Å². The maximum atomic E-state index is 11.8. The number of nitrogens with two attached hydrogens (primary N) is 1. The molecule has 0 spiro atoms. The van der Waals surface area contributed by atoms with Crippen molar-refractivity contribution >= 4 is 48.9 Å². The second-order valence-electron chi connectivity index (χ2n) is 4.00. The highest BCUT2D eigenvalue weighted by molar-refractivity contribution is 7.92. The highest BCUT2D eigenvalue weighted by Gasteiger charge is 2.15. The number of benzene rings is 1. The molecule has 114 valence electrons. The highest BCUT2D eigenvalue weighted by Crippen LogP contribution is 2.25. The van der Waals surface area contributed by atoms with Crippen molar-refractivity contribution < 1.29 is 16.8 Å². The SMILES string of the molecule is NS(=O)(=O)c1ccc(Cl)c(NS(=O)(=O)CCCCCl)c1. The van der Waals surface area contributed by atoms with Gasteiger partial charge in [0.2, 0.25) is 20.0 Å². The van der Waals surface area contributed by atoms with Crippen LogP contribution in [0.1, 0.15) is 12.8 Å². The lowest BCUT2D eigenvalue weighted by Gasteiger charge is -2.10. The molecule has 0 bridgehead atoms. The van der Waals surface area contributed by atoms with Gasteiger partial charge in [-0.2, -0.15) is 0 Å². The molecule has 0 aliphatic heterocycles. The molecule has 1 aromatic carbocycles. The van der Waals surface area contributed by atoms with Gasteiger partial charge in [0.25, 0.3) is 0 Å². The molecule has 0 heterocycles. The molecule has 0 unspecified atom stereocenters. The molecule has 0 atom stereocenters. The number of rotatable bonds is 7. The lowest BCUT2D eigenvalue weighted by molar-refractivity contribution is 0.595. The third kappa shape index (κ3) is 5.45. The first-order valence-electron chi connectivity index (χ1n) is 5.54. The van der Waals surface area contributed by atoms with Gasteiger partial charge in [0.15, 0.2) is 0 Å². The van der Waals surface area contributed by atoms with E-state index in [1.165, 1.54) is 12.1 Å². The summed E-state index contributed by atoms with van der Waals surface area (Å²) >= 11 is 11.3. The van der Waals surface area contributed by atoms with Gasteiger partial charge in [0, 0.05) is 5.88 Å². The summed E-state index contributed by atoms with van der Waals surface area (Å²) in [6.07, 6.45) is 0.957. The van der Waals surface area contributed by atoms with Crippen LogP contribution >= 0.6 is 23.2 Å². The van der Waals surface area contributed by atoms with Crippen LogP contribution < -0.4 is 9.86 Å². The van der Waals surface area contributed by atoms with E-state index < -0.39 is 20.0 Å². The van der Waals surface area contributed by atoms with E-state index in [-0.39, 0.29) is 21.4 Å². The van der Waals surface area contributed by atoms with Crippen molar-refractivity contribution in [1.29, 1.82) is 0 Å². The van der Waals surface area contributed by atoms with E-state index in [2.05, 4.69) is 4.72 Å².